The van der Waals surface area contributed by atoms with Crippen LogP contribution in [0.2, 0.25) is 0 Å². The van der Waals surface area contributed by atoms with E-state index < -0.39 is 7.57 Å². The quantitative estimate of drug-likeness (QED) is 0.715. The van der Waals surface area contributed by atoms with E-state index in [4.69, 9.17) is 23.2 Å². The number of hydrogen-bond donors (Lipinski definition) is 0. The largest absolute Gasteiger partial charge is 0.294 e. The van der Waals surface area contributed by atoms with Crippen molar-refractivity contribution in [1.29, 1.82) is 0 Å². The predicted octanol–water partition coefficient (Wildman–Crippen LogP) is 3.26. The summed E-state index contributed by atoms with van der Waals surface area (Å²) in [5, 5.41) is 0. The van der Waals surface area contributed by atoms with Crippen LogP contribution >= 0.6 is 55.1 Å². The molecule has 0 aliphatic carbocycles. The molecule has 60 valence electrons. The maximum Gasteiger partial charge on any atom is 0.195 e. The van der Waals surface area contributed by atoms with Crippen LogP contribution in [0, 0.1) is 0 Å². The molecule has 0 saturated heterocycles. The van der Waals surface area contributed by atoms with Gasteiger partial charge in [-0.3, -0.25) is 4.79 Å². The predicted molar refractivity (Wildman–Crippen MR) is 51.4 cm³/mol. The Hall–Kier alpha value is 1.21. The van der Waals surface area contributed by atoms with Crippen molar-refractivity contribution in [3.8, 4) is 0 Å². The molecular formula is C5H6Br2Cl2O. The van der Waals surface area contributed by atoms with Crippen molar-refractivity contribution < 1.29 is 4.79 Å². The van der Waals surface area contributed by atoms with Crippen molar-refractivity contribution in [2.45, 2.75) is 21.4 Å². The topological polar surface area (TPSA) is 17.1 Å². The van der Waals surface area contributed by atoms with Crippen LogP contribution in [0.3, 0.4) is 0 Å². The molecule has 0 N–H and O–H groups in total. The van der Waals surface area contributed by atoms with E-state index in [0.717, 1.165) is 0 Å². The average molecular weight is 313 g/mol. The number of carbonyl (C=O) groups is 1. The molecule has 0 aliphatic rings. The van der Waals surface area contributed by atoms with E-state index in [1.165, 1.54) is 13.8 Å². The zero-order valence-corrected chi connectivity index (χ0v) is 10.1. The molecule has 0 saturated carbocycles. The molecule has 0 aromatic heterocycles. The first-order valence-electron chi connectivity index (χ1n) is 2.46. The first kappa shape index (κ1) is 11.2. The lowest BCUT2D eigenvalue weighted by atomic mass is 10.2. The fourth-order valence-corrected chi connectivity index (χ4v) is 2.10. The molecule has 0 amide bonds. The fourth-order valence-electron chi connectivity index (χ4n) is 0.385. The third kappa shape index (κ3) is 3.56. The average Bonchev–Trinajstić information content (AvgIpc) is 1.59. The first-order chi connectivity index (χ1) is 4.15. The van der Waals surface area contributed by atoms with E-state index in [0.29, 0.717) is 0 Å². The third-order valence-electron chi connectivity index (χ3n) is 0.797. The summed E-state index contributed by atoms with van der Waals surface area (Å²) in [7, 11) is 0. The fraction of sp³-hybridized carbons (Fsp3) is 0.800. The van der Waals surface area contributed by atoms with Crippen LogP contribution in [-0.2, 0) is 4.79 Å². The Morgan fingerprint density at radius 2 is 1.40 bits per heavy atom. The molecule has 2 atom stereocenters. The van der Waals surface area contributed by atoms with Gasteiger partial charge in [-0.05, 0) is 13.8 Å². The third-order valence-corrected chi connectivity index (χ3v) is 1.86. The first-order valence-corrected chi connectivity index (χ1v) is 4.80. The van der Waals surface area contributed by atoms with Crippen LogP contribution < -0.4 is 0 Å². The molecule has 0 spiro atoms. The van der Waals surface area contributed by atoms with Gasteiger partial charge in [0.05, 0.1) is 0 Å². The molecule has 0 heterocycles. The Morgan fingerprint density at radius 1 is 1.20 bits per heavy atom. The highest BCUT2D eigenvalue weighted by atomic mass is 79.9. The molecule has 1 nitrogen and oxygen atoms in total. The van der Waals surface area contributed by atoms with Gasteiger partial charge in [0.15, 0.2) is 13.4 Å². The van der Waals surface area contributed by atoms with Crippen LogP contribution in [0.15, 0.2) is 0 Å². The van der Waals surface area contributed by atoms with E-state index in [1.807, 2.05) is 0 Å². The van der Waals surface area contributed by atoms with Gasteiger partial charge in [0.1, 0.15) is 0 Å². The van der Waals surface area contributed by atoms with Crippen molar-refractivity contribution in [2.75, 3.05) is 0 Å². The summed E-state index contributed by atoms with van der Waals surface area (Å²) in [5.41, 5.74) is 0. The van der Waals surface area contributed by atoms with Crippen LogP contribution in [0.1, 0.15) is 13.8 Å². The maximum absolute atomic E-state index is 11.1. The van der Waals surface area contributed by atoms with Gasteiger partial charge in [-0.25, -0.2) is 0 Å². The van der Waals surface area contributed by atoms with Gasteiger partial charge in [0.2, 0.25) is 0 Å². The monoisotopic (exact) mass is 310 g/mol. The van der Waals surface area contributed by atoms with E-state index >= 15 is 0 Å². The van der Waals surface area contributed by atoms with Crippen molar-refractivity contribution >= 4 is 60.8 Å². The highest BCUT2D eigenvalue weighted by Gasteiger charge is 2.39. The van der Waals surface area contributed by atoms with Crippen LogP contribution in [0.4, 0.5) is 0 Å². The summed E-state index contributed by atoms with van der Waals surface area (Å²) in [6.45, 7) is 3.05. The van der Waals surface area contributed by atoms with Gasteiger partial charge in [0, 0.05) is 0 Å². The van der Waals surface area contributed by atoms with Crippen LogP contribution in [0.25, 0.3) is 0 Å². The van der Waals surface area contributed by atoms with E-state index in [2.05, 4.69) is 31.9 Å². The van der Waals surface area contributed by atoms with Gasteiger partial charge in [-0.2, -0.15) is 0 Å². The zero-order chi connectivity index (χ0) is 8.58. The molecule has 0 rings (SSSR count). The molecule has 0 aliphatic heterocycles. The molecule has 0 aromatic carbocycles. The Bertz CT molecular complexity index is 129. The minimum atomic E-state index is -1.09. The molecule has 2 unspecified atom stereocenters. The smallest absolute Gasteiger partial charge is 0.195 e. The minimum absolute atomic E-state index is 0.316. The standard InChI is InChI=1S/C5H6Br2Cl2O/c1-4(6,8)3(10)5(2,7)9/h1-2H3. The van der Waals surface area contributed by atoms with Gasteiger partial charge in [-0.15, -0.1) is 0 Å². The number of carbonyl (C=O) groups excluding carboxylic acids is 1. The Labute approximate surface area is 86.7 Å². The van der Waals surface area contributed by atoms with Gasteiger partial charge >= 0.3 is 0 Å². The summed E-state index contributed by atoms with van der Waals surface area (Å²) in [4.78, 5) is 11.1. The van der Waals surface area contributed by atoms with E-state index in [-0.39, 0.29) is 5.78 Å². The number of ketones is 1. The summed E-state index contributed by atoms with van der Waals surface area (Å²) in [6, 6.07) is 0. The summed E-state index contributed by atoms with van der Waals surface area (Å²) in [5.74, 6) is -0.316. The summed E-state index contributed by atoms with van der Waals surface area (Å²) in [6.07, 6.45) is 0. The van der Waals surface area contributed by atoms with Crippen molar-refractivity contribution in [3.05, 3.63) is 0 Å². The number of alkyl halides is 4. The lowest BCUT2D eigenvalue weighted by Crippen LogP contribution is -2.34. The van der Waals surface area contributed by atoms with Crippen LogP contribution in [0.5, 0.6) is 0 Å². The van der Waals surface area contributed by atoms with Crippen molar-refractivity contribution in [1.82, 2.24) is 0 Å². The lowest BCUT2D eigenvalue weighted by Gasteiger charge is -2.19. The minimum Gasteiger partial charge on any atom is -0.294 e. The zero-order valence-electron chi connectivity index (χ0n) is 5.42. The van der Waals surface area contributed by atoms with Gasteiger partial charge in [0.25, 0.3) is 0 Å². The molecule has 0 aromatic rings. The van der Waals surface area contributed by atoms with Gasteiger partial charge in [-0.1, -0.05) is 55.1 Å². The summed E-state index contributed by atoms with van der Waals surface area (Å²) >= 11 is 17.2. The maximum atomic E-state index is 11.1. The Kier molecular flexibility index (Phi) is 3.69. The van der Waals surface area contributed by atoms with Crippen LogP contribution in [-0.4, -0.2) is 13.4 Å². The number of halogens is 4. The second-order valence-electron chi connectivity index (χ2n) is 2.11. The van der Waals surface area contributed by atoms with E-state index in [9.17, 15) is 4.79 Å². The molecule has 0 fully saturated rings. The Balaban J connectivity index is 4.40. The number of hydrogen-bond acceptors (Lipinski definition) is 1. The molecule has 0 radical (unpaired) electrons. The highest BCUT2D eigenvalue weighted by Crippen LogP contribution is 2.35. The number of Topliss-reactive ketones (excluding diaryl/α,β-unsaturated/α-hetero) is 1. The SMILES string of the molecule is CC(Cl)(Br)C(=O)C(C)(Cl)Br. The Morgan fingerprint density at radius 3 is 1.40 bits per heavy atom. The van der Waals surface area contributed by atoms with E-state index in [1.54, 1.807) is 0 Å². The molecular weight excluding hydrogens is 307 g/mol. The molecule has 0 bridgehead atoms. The van der Waals surface area contributed by atoms with Crippen molar-refractivity contribution in [3.63, 3.8) is 0 Å². The summed E-state index contributed by atoms with van der Waals surface area (Å²) < 4.78 is -2.18. The van der Waals surface area contributed by atoms with Crippen molar-refractivity contribution in [2.24, 2.45) is 0 Å². The van der Waals surface area contributed by atoms with Gasteiger partial charge < -0.3 is 0 Å². The number of rotatable bonds is 2. The lowest BCUT2D eigenvalue weighted by molar-refractivity contribution is -0.119. The highest BCUT2D eigenvalue weighted by molar-refractivity contribution is 9.11. The second kappa shape index (κ2) is 3.30. The molecule has 5 heteroatoms. The normalized spacial score (nSPS) is 23.0. The molecule has 10 heavy (non-hydrogen) atoms. The second-order valence-corrected chi connectivity index (χ2v) is 7.70.